The molecule has 0 radical (unpaired) electrons. The van der Waals surface area contributed by atoms with E-state index in [-0.39, 0.29) is 6.42 Å². The Hall–Kier alpha value is -1.99. The van der Waals surface area contributed by atoms with Gasteiger partial charge in [0.2, 0.25) is 6.33 Å². The lowest BCUT2D eigenvalue weighted by atomic mass is 10.2. The van der Waals surface area contributed by atoms with Crippen molar-refractivity contribution in [1.29, 1.82) is 0 Å². The molecule has 0 bridgehead atoms. The van der Waals surface area contributed by atoms with Crippen LogP contribution in [0, 0.1) is 10.1 Å². The summed E-state index contributed by atoms with van der Waals surface area (Å²) in [7, 11) is 0. The van der Waals surface area contributed by atoms with Gasteiger partial charge in [-0.25, -0.2) is 0 Å². The molecule has 14 heavy (non-hydrogen) atoms. The van der Waals surface area contributed by atoms with Gasteiger partial charge in [-0.05, 0) is 11.8 Å². The average molecular weight is 200 g/mol. The lowest BCUT2D eigenvalue weighted by molar-refractivity contribution is -0.394. The normalized spacial score (nSPS) is 12.4. The second-order valence-corrected chi connectivity index (χ2v) is 2.73. The van der Waals surface area contributed by atoms with Gasteiger partial charge in [-0.15, -0.1) is 0 Å². The Bertz CT molecular complexity index is 360. The zero-order valence-electron chi connectivity index (χ0n) is 7.32. The van der Waals surface area contributed by atoms with Crippen LogP contribution in [0.2, 0.25) is 0 Å². The second kappa shape index (κ2) is 3.81. The standard InChI is InChI=1S/C6H8N4O4/c1-4(2-5(11)12)9-3-7-6(8-9)10(13)14/h3-4H,2H2,1H3,(H,11,12). The number of carbonyl (C=O) groups is 1. The molecule has 0 aliphatic rings. The molecular weight excluding hydrogens is 192 g/mol. The summed E-state index contributed by atoms with van der Waals surface area (Å²) in [5, 5.41) is 22.2. The van der Waals surface area contributed by atoms with Crippen molar-refractivity contribution < 1.29 is 14.8 Å². The summed E-state index contributed by atoms with van der Waals surface area (Å²) in [6.45, 7) is 1.59. The number of hydrogen-bond donors (Lipinski definition) is 1. The van der Waals surface area contributed by atoms with Crippen LogP contribution in [0.4, 0.5) is 5.95 Å². The fourth-order valence-corrected chi connectivity index (χ4v) is 0.908. The first-order chi connectivity index (χ1) is 6.50. The number of carboxylic acid groups (broad SMARTS) is 1. The molecule has 1 atom stereocenters. The summed E-state index contributed by atoms with van der Waals surface area (Å²) < 4.78 is 1.16. The molecule has 1 aromatic heterocycles. The first-order valence-electron chi connectivity index (χ1n) is 3.78. The zero-order valence-corrected chi connectivity index (χ0v) is 7.32. The van der Waals surface area contributed by atoms with E-state index < -0.39 is 22.9 Å². The van der Waals surface area contributed by atoms with Crippen molar-refractivity contribution in [2.75, 3.05) is 0 Å². The number of aromatic nitrogens is 3. The summed E-state index contributed by atoms with van der Waals surface area (Å²) in [6, 6.07) is -0.450. The largest absolute Gasteiger partial charge is 0.490 e. The van der Waals surface area contributed by atoms with E-state index in [4.69, 9.17) is 5.11 Å². The van der Waals surface area contributed by atoms with E-state index in [2.05, 4.69) is 10.1 Å². The Labute approximate surface area is 78.3 Å². The third kappa shape index (κ3) is 2.25. The molecule has 76 valence electrons. The Morgan fingerprint density at radius 3 is 2.93 bits per heavy atom. The Kier molecular flexibility index (Phi) is 2.75. The third-order valence-electron chi connectivity index (χ3n) is 1.58. The van der Waals surface area contributed by atoms with Gasteiger partial charge in [0.15, 0.2) is 0 Å². The van der Waals surface area contributed by atoms with E-state index in [0.717, 1.165) is 11.0 Å². The molecule has 1 N–H and O–H groups in total. The molecule has 0 aliphatic heterocycles. The number of aliphatic carboxylic acids is 1. The smallest absolute Gasteiger partial charge is 0.481 e. The Morgan fingerprint density at radius 1 is 1.86 bits per heavy atom. The highest BCUT2D eigenvalue weighted by molar-refractivity contribution is 5.67. The number of nitrogens with zero attached hydrogens (tertiary/aromatic N) is 4. The van der Waals surface area contributed by atoms with Crippen LogP contribution in [0.1, 0.15) is 19.4 Å². The molecule has 1 unspecified atom stereocenters. The summed E-state index contributed by atoms with van der Waals surface area (Å²) >= 11 is 0. The molecule has 1 heterocycles. The summed E-state index contributed by atoms with van der Waals surface area (Å²) in [5.74, 6) is -1.52. The number of rotatable bonds is 4. The van der Waals surface area contributed by atoms with Gasteiger partial charge in [0.1, 0.15) is 0 Å². The van der Waals surface area contributed by atoms with Crippen molar-refractivity contribution in [2.45, 2.75) is 19.4 Å². The first-order valence-corrected chi connectivity index (χ1v) is 3.78. The van der Waals surface area contributed by atoms with E-state index in [0.29, 0.717) is 0 Å². The summed E-state index contributed by atoms with van der Waals surface area (Å²) in [5.41, 5.74) is 0. The van der Waals surface area contributed by atoms with Crippen LogP contribution in [0.5, 0.6) is 0 Å². The van der Waals surface area contributed by atoms with Crippen molar-refractivity contribution in [3.63, 3.8) is 0 Å². The topological polar surface area (TPSA) is 111 Å². The van der Waals surface area contributed by atoms with Crippen LogP contribution >= 0.6 is 0 Å². The molecule has 1 aromatic rings. The van der Waals surface area contributed by atoms with E-state index in [1.807, 2.05) is 0 Å². The van der Waals surface area contributed by atoms with Gasteiger partial charge >= 0.3 is 11.9 Å². The molecule has 8 nitrogen and oxygen atoms in total. The van der Waals surface area contributed by atoms with E-state index in [9.17, 15) is 14.9 Å². The fourth-order valence-electron chi connectivity index (χ4n) is 0.908. The lowest BCUT2D eigenvalue weighted by Gasteiger charge is -2.02. The molecule has 0 saturated carbocycles. The first kappa shape index (κ1) is 10.1. The van der Waals surface area contributed by atoms with Crippen LogP contribution in [0.25, 0.3) is 0 Å². The van der Waals surface area contributed by atoms with Crippen LogP contribution in [-0.2, 0) is 4.79 Å². The Balaban J connectivity index is 2.76. The molecule has 0 fully saturated rings. The van der Waals surface area contributed by atoms with Crippen LogP contribution in [0.15, 0.2) is 6.33 Å². The SMILES string of the molecule is CC(CC(=O)O)n1cnc([N+](=O)[O-])n1. The summed E-state index contributed by atoms with van der Waals surface area (Å²) in [6.07, 6.45) is 0.992. The van der Waals surface area contributed by atoms with Gasteiger partial charge < -0.3 is 15.2 Å². The van der Waals surface area contributed by atoms with Gasteiger partial charge in [0, 0.05) is 5.10 Å². The van der Waals surface area contributed by atoms with Crippen LogP contribution in [-0.4, -0.2) is 30.8 Å². The van der Waals surface area contributed by atoms with Gasteiger partial charge in [-0.2, -0.15) is 4.68 Å². The molecule has 0 saturated heterocycles. The lowest BCUT2D eigenvalue weighted by Crippen LogP contribution is -2.11. The number of nitro groups is 1. The van der Waals surface area contributed by atoms with Crippen molar-refractivity contribution in [1.82, 2.24) is 14.8 Å². The van der Waals surface area contributed by atoms with Crippen molar-refractivity contribution in [3.8, 4) is 0 Å². The highest BCUT2D eigenvalue weighted by atomic mass is 16.6. The highest BCUT2D eigenvalue weighted by Gasteiger charge is 2.18. The average Bonchev–Trinajstić information content (AvgIpc) is 2.50. The highest BCUT2D eigenvalue weighted by Crippen LogP contribution is 2.10. The van der Waals surface area contributed by atoms with Gasteiger partial charge in [-0.1, -0.05) is 4.98 Å². The molecular formula is C6H8N4O4. The maximum atomic E-state index is 10.3. The predicted octanol–water partition coefficient (Wildman–Crippen LogP) is 0.222. The van der Waals surface area contributed by atoms with E-state index in [1.54, 1.807) is 6.92 Å². The molecule has 0 amide bonds. The van der Waals surface area contributed by atoms with Crippen molar-refractivity contribution >= 4 is 11.9 Å². The quantitative estimate of drug-likeness (QED) is 0.549. The zero-order chi connectivity index (χ0) is 10.7. The van der Waals surface area contributed by atoms with E-state index >= 15 is 0 Å². The molecule has 0 aliphatic carbocycles. The van der Waals surface area contributed by atoms with Gasteiger partial charge in [-0.3, -0.25) is 4.79 Å². The van der Waals surface area contributed by atoms with Crippen molar-refractivity contribution in [3.05, 3.63) is 16.4 Å². The second-order valence-electron chi connectivity index (χ2n) is 2.73. The molecule has 0 spiro atoms. The fraction of sp³-hybridized carbons (Fsp3) is 0.500. The molecule has 8 heteroatoms. The number of carboxylic acids is 1. The van der Waals surface area contributed by atoms with Gasteiger partial charge in [0.25, 0.3) is 0 Å². The van der Waals surface area contributed by atoms with Crippen molar-refractivity contribution in [2.24, 2.45) is 0 Å². The minimum atomic E-state index is -0.990. The molecule has 0 aromatic carbocycles. The minimum absolute atomic E-state index is 0.152. The maximum absolute atomic E-state index is 10.3. The third-order valence-corrected chi connectivity index (χ3v) is 1.58. The Morgan fingerprint density at radius 2 is 2.50 bits per heavy atom. The molecule has 1 rings (SSSR count). The number of hydrogen-bond acceptors (Lipinski definition) is 5. The predicted molar refractivity (Wildman–Crippen MR) is 43.6 cm³/mol. The van der Waals surface area contributed by atoms with Crippen LogP contribution < -0.4 is 0 Å². The van der Waals surface area contributed by atoms with Gasteiger partial charge in [0.05, 0.1) is 12.5 Å². The summed E-state index contributed by atoms with van der Waals surface area (Å²) in [4.78, 5) is 23.2. The van der Waals surface area contributed by atoms with Crippen LogP contribution in [0.3, 0.4) is 0 Å². The maximum Gasteiger partial charge on any atom is 0.490 e. The van der Waals surface area contributed by atoms with E-state index in [1.165, 1.54) is 0 Å². The monoisotopic (exact) mass is 200 g/mol. The minimum Gasteiger partial charge on any atom is -0.481 e.